The molecule has 0 spiro atoms. The number of furan rings is 1. The normalized spacial score (nSPS) is 13.0. The molecule has 3 heterocycles. The maximum Gasteiger partial charge on any atom is 0.200 e. The van der Waals surface area contributed by atoms with E-state index in [2.05, 4.69) is 62.6 Å². The summed E-state index contributed by atoms with van der Waals surface area (Å²) < 4.78 is 12.4. The van der Waals surface area contributed by atoms with Crippen LogP contribution >= 0.6 is 0 Å². The first-order chi connectivity index (χ1) is 14.1. The molecule has 0 amide bonds. The molecule has 0 saturated carbocycles. The number of aromatic nitrogens is 3. The molecule has 0 aliphatic carbocycles. The summed E-state index contributed by atoms with van der Waals surface area (Å²) in [4.78, 5) is 13.7. The van der Waals surface area contributed by atoms with Gasteiger partial charge in [-0.15, -0.1) is 0 Å². The molecule has 0 aliphatic heterocycles. The average molecular weight is 399 g/mol. The molecule has 0 atom stereocenters. The molecular formula is C25H25N3O2. The van der Waals surface area contributed by atoms with Crippen LogP contribution in [0.15, 0.2) is 51.6 Å². The lowest BCUT2D eigenvalue weighted by Gasteiger charge is -2.17. The number of fused-ring (bicyclic) bond motifs is 4. The fraction of sp³-hybridized carbons (Fsp3) is 0.320. The molecule has 0 unspecified atom stereocenters. The third-order valence-electron chi connectivity index (χ3n) is 5.36. The van der Waals surface area contributed by atoms with Crippen molar-refractivity contribution in [3.63, 3.8) is 0 Å². The van der Waals surface area contributed by atoms with Gasteiger partial charge < -0.3 is 8.83 Å². The number of rotatable bonds is 1. The molecule has 2 aromatic carbocycles. The van der Waals surface area contributed by atoms with Gasteiger partial charge in [0.2, 0.25) is 5.89 Å². The van der Waals surface area contributed by atoms with E-state index in [1.54, 1.807) is 6.33 Å². The van der Waals surface area contributed by atoms with Crippen LogP contribution in [-0.4, -0.2) is 15.0 Å². The minimum absolute atomic E-state index is 0.0552. The largest absolute Gasteiger partial charge is 0.455 e. The van der Waals surface area contributed by atoms with Crippen molar-refractivity contribution in [3.8, 4) is 11.3 Å². The van der Waals surface area contributed by atoms with Crippen molar-refractivity contribution in [1.82, 2.24) is 15.0 Å². The Morgan fingerprint density at radius 2 is 1.57 bits per heavy atom. The Morgan fingerprint density at radius 1 is 0.767 bits per heavy atom. The number of hydrogen-bond acceptors (Lipinski definition) is 5. The van der Waals surface area contributed by atoms with Gasteiger partial charge in [0.15, 0.2) is 5.58 Å². The predicted molar refractivity (Wildman–Crippen MR) is 120 cm³/mol. The highest BCUT2D eigenvalue weighted by Gasteiger charge is 2.23. The highest BCUT2D eigenvalue weighted by atomic mass is 16.4. The minimum atomic E-state index is -0.146. The third-order valence-corrected chi connectivity index (χ3v) is 5.36. The standard InChI is InChI=1S/C25H25N3O2/c1-24(2,3)21-12-17(26-13-27-21)15-9-7-8-14-16-10-20-18(11-19(16)29-22(14)15)28-23(30-20)25(4,5)6/h7-13H,1-6H3. The van der Waals surface area contributed by atoms with Gasteiger partial charge in [-0.1, -0.05) is 53.7 Å². The molecule has 5 heteroatoms. The lowest BCUT2D eigenvalue weighted by atomic mass is 9.91. The molecule has 5 rings (SSSR count). The zero-order chi connectivity index (χ0) is 21.3. The number of nitrogens with zero attached hydrogens (tertiary/aromatic N) is 3. The maximum absolute atomic E-state index is 6.32. The van der Waals surface area contributed by atoms with E-state index in [-0.39, 0.29) is 10.8 Å². The zero-order valence-corrected chi connectivity index (χ0v) is 18.2. The van der Waals surface area contributed by atoms with Crippen LogP contribution in [0.2, 0.25) is 0 Å². The molecule has 0 radical (unpaired) electrons. The molecule has 0 aliphatic rings. The van der Waals surface area contributed by atoms with Crippen LogP contribution in [-0.2, 0) is 10.8 Å². The number of benzene rings is 2. The Hall–Kier alpha value is -3.21. The molecule has 5 aromatic rings. The van der Waals surface area contributed by atoms with E-state index < -0.39 is 0 Å². The van der Waals surface area contributed by atoms with E-state index in [0.717, 1.165) is 55.9 Å². The third kappa shape index (κ3) is 2.96. The Labute approximate surface area is 175 Å². The first-order valence-electron chi connectivity index (χ1n) is 10.2. The fourth-order valence-electron chi connectivity index (χ4n) is 3.66. The Kier molecular flexibility index (Phi) is 3.85. The lowest BCUT2D eigenvalue weighted by molar-refractivity contribution is 0.411. The van der Waals surface area contributed by atoms with Gasteiger partial charge in [0.05, 0.1) is 5.69 Å². The minimum Gasteiger partial charge on any atom is -0.455 e. The maximum atomic E-state index is 6.32. The Bertz CT molecular complexity index is 1410. The molecular weight excluding hydrogens is 374 g/mol. The molecule has 0 N–H and O–H groups in total. The predicted octanol–water partition coefficient (Wildman–Crippen LogP) is 6.78. The summed E-state index contributed by atoms with van der Waals surface area (Å²) in [5.41, 5.74) is 5.80. The van der Waals surface area contributed by atoms with Crippen LogP contribution in [0, 0.1) is 0 Å². The zero-order valence-electron chi connectivity index (χ0n) is 18.2. The molecule has 152 valence electrons. The summed E-state index contributed by atoms with van der Waals surface area (Å²) in [6.07, 6.45) is 1.63. The van der Waals surface area contributed by atoms with Gasteiger partial charge in [0, 0.05) is 38.9 Å². The highest BCUT2D eigenvalue weighted by Crippen LogP contribution is 2.38. The van der Waals surface area contributed by atoms with Crippen LogP contribution in [0.4, 0.5) is 0 Å². The first-order valence-corrected chi connectivity index (χ1v) is 10.2. The first kappa shape index (κ1) is 18.8. The van der Waals surface area contributed by atoms with Crippen LogP contribution < -0.4 is 0 Å². The van der Waals surface area contributed by atoms with Crippen molar-refractivity contribution in [3.05, 3.63) is 54.3 Å². The Morgan fingerprint density at radius 3 is 2.30 bits per heavy atom. The van der Waals surface area contributed by atoms with Gasteiger partial charge in [-0.2, -0.15) is 0 Å². The van der Waals surface area contributed by atoms with Crippen LogP contribution in [0.5, 0.6) is 0 Å². The van der Waals surface area contributed by atoms with E-state index in [9.17, 15) is 0 Å². The van der Waals surface area contributed by atoms with Crippen molar-refractivity contribution < 1.29 is 8.83 Å². The quantitative estimate of drug-likeness (QED) is 0.311. The van der Waals surface area contributed by atoms with Crippen LogP contribution in [0.1, 0.15) is 53.1 Å². The second-order valence-corrected chi connectivity index (χ2v) is 9.91. The van der Waals surface area contributed by atoms with Gasteiger partial charge in [0.25, 0.3) is 0 Å². The van der Waals surface area contributed by atoms with Crippen molar-refractivity contribution in [2.75, 3.05) is 0 Å². The summed E-state index contributed by atoms with van der Waals surface area (Å²) in [6.45, 7) is 12.7. The average Bonchev–Trinajstić information content (AvgIpc) is 3.26. The molecule has 3 aromatic heterocycles. The second kappa shape index (κ2) is 6.14. The van der Waals surface area contributed by atoms with Crippen molar-refractivity contribution in [1.29, 1.82) is 0 Å². The molecule has 0 saturated heterocycles. The summed E-state index contributed by atoms with van der Waals surface area (Å²) in [7, 11) is 0. The van der Waals surface area contributed by atoms with E-state index >= 15 is 0 Å². The second-order valence-electron chi connectivity index (χ2n) is 9.91. The number of para-hydroxylation sites is 1. The smallest absolute Gasteiger partial charge is 0.200 e. The van der Waals surface area contributed by atoms with Crippen molar-refractivity contribution in [2.45, 2.75) is 52.4 Å². The topological polar surface area (TPSA) is 65.0 Å². The molecule has 30 heavy (non-hydrogen) atoms. The van der Waals surface area contributed by atoms with Gasteiger partial charge in [-0.3, -0.25) is 0 Å². The van der Waals surface area contributed by atoms with Crippen molar-refractivity contribution in [2.24, 2.45) is 0 Å². The van der Waals surface area contributed by atoms with E-state index in [1.165, 1.54) is 0 Å². The lowest BCUT2D eigenvalue weighted by Crippen LogP contribution is -2.13. The van der Waals surface area contributed by atoms with Gasteiger partial charge in [-0.05, 0) is 18.2 Å². The monoisotopic (exact) mass is 399 g/mol. The highest BCUT2D eigenvalue weighted by molar-refractivity contribution is 6.12. The summed E-state index contributed by atoms with van der Waals surface area (Å²) in [5, 5.41) is 2.05. The van der Waals surface area contributed by atoms with Gasteiger partial charge in [0.1, 0.15) is 23.0 Å². The van der Waals surface area contributed by atoms with Crippen molar-refractivity contribution >= 4 is 33.0 Å². The summed E-state index contributed by atoms with van der Waals surface area (Å²) in [6, 6.07) is 12.2. The fourth-order valence-corrected chi connectivity index (χ4v) is 3.66. The molecule has 0 fully saturated rings. The van der Waals surface area contributed by atoms with Crippen LogP contribution in [0.25, 0.3) is 44.3 Å². The molecule has 5 nitrogen and oxygen atoms in total. The SMILES string of the molecule is CC(C)(C)c1cc(-c2cccc3c2oc2cc4nc(C(C)(C)C)oc4cc23)ncn1. The van der Waals surface area contributed by atoms with E-state index in [1.807, 2.05) is 30.3 Å². The van der Waals surface area contributed by atoms with E-state index in [0.29, 0.717) is 0 Å². The number of oxazole rings is 1. The van der Waals surface area contributed by atoms with E-state index in [4.69, 9.17) is 8.83 Å². The number of hydrogen-bond donors (Lipinski definition) is 0. The molecule has 0 bridgehead atoms. The Balaban J connectivity index is 1.73. The van der Waals surface area contributed by atoms with Gasteiger partial charge >= 0.3 is 0 Å². The summed E-state index contributed by atoms with van der Waals surface area (Å²) >= 11 is 0. The summed E-state index contributed by atoms with van der Waals surface area (Å²) in [5.74, 6) is 0.728. The van der Waals surface area contributed by atoms with Crippen LogP contribution in [0.3, 0.4) is 0 Å². The van der Waals surface area contributed by atoms with Gasteiger partial charge in [-0.25, -0.2) is 15.0 Å².